The van der Waals surface area contributed by atoms with E-state index in [4.69, 9.17) is 5.73 Å². The van der Waals surface area contributed by atoms with E-state index in [2.05, 4.69) is 0 Å². The van der Waals surface area contributed by atoms with Crippen LogP contribution in [0.5, 0.6) is 0 Å². The molecule has 0 aliphatic carbocycles. The zero-order valence-electron chi connectivity index (χ0n) is 7.22. The molecule has 0 aromatic rings. The van der Waals surface area contributed by atoms with Gasteiger partial charge in [-0.05, 0) is 37.2 Å². The first-order valence-electron chi connectivity index (χ1n) is 4.17. The Morgan fingerprint density at radius 3 is 2.75 bits per heavy atom. The number of hydrogen-bond donors (Lipinski definition) is 1. The van der Waals surface area contributed by atoms with Gasteiger partial charge in [0.25, 0.3) is 6.43 Å². The zero-order valence-corrected chi connectivity index (χ0v) is 8.04. The van der Waals surface area contributed by atoms with Crippen molar-refractivity contribution in [2.24, 2.45) is 11.7 Å². The summed E-state index contributed by atoms with van der Waals surface area (Å²) in [5.41, 5.74) is 4.20. The minimum Gasteiger partial charge on any atom is -0.321 e. The van der Waals surface area contributed by atoms with Crippen LogP contribution in [0.15, 0.2) is 0 Å². The molecule has 0 bridgehead atoms. The van der Waals surface area contributed by atoms with Crippen molar-refractivity contribution in [2.45, 2.75) is 31.7 Å². The molecule has 1 nitrogen and oxygen atoms in total. The van der Waals surface area contributed by atoms with Gasteiger partial charge in [-0.2, -0.15) is 11.8 Å². The summed E-state index contributed by atoms with van der Waals surface area (Å²) in [5, 5.41) is 0. The molecule has 1 rings (SSSR count). The molecule has 4 heteroatoms. The maximum Gasteiger partial charge on any atom is 0.256 e. The summed E-state index contributed by atoms with van der Waals surface area (Å²) in [7, 11) is 0. The topological polar surface area (TPSA) is 26.0 Å². The van der Waals surface area contributed by atoms with Crippen LogP contribution in [0, 0.1) is 5.92 Å². The third-order valence-electron chi connectivity index (χ3n) is 2.25. The van der Waals surface area contributed by atoms with Gasteiger partial charge in [-0.25, -0.2) is 8.78 Å². The van der Waals surface area contributed by atoms with Crippen LogP contribution in [-0.2, 0) is 0 Å². The Labute approximate surface area is 76.1 Å². The van der Waals surface area contributed by atoms with E-state index in [0.717, 1.165) is 17.9 Å². The van der Waals surface area contributed by atoms with Crippen molar-refractivity contribution in [3.63, 3.8) is 0 Å². The second-order valence-corrected chi connectivity index (χ2v) is 4.89. The van der Waals surface area contributed by atoms with E-state index in [-0.39, 0.29) is 0 Å². The summed E-state index contributed by atoms with van der Waals surface area (Å²) in [6.45, 7) is 1.45. The Balaban J connectivity index is 2.37. The van der Waals surface area contributed by atoms with Crippen molar-refractivity contribution < 1.29 is 8.78 Å². The van der Waals surface area contributed by atoms with Crippen LogP contribution >= 0.6 is 11.8 Å². The molecule has 0 amide bonds. The van der Waals surface area contributed by atoms with Crippen LogP contribution in [0.1, 0.15) is 19.8 Å². The molecule has 1 saturated heterocycles. The molecule has 12 heavy (non-hydrogen) atoms. The quantitative estimate of drug-likeness (QED) is 0.746. The molecule has 72 valence electrons. The summed E-state index contributed by atoms with van der Waals surface area (Å²) < 4.78 is 24.7. The SMILES string of the molecule is CC(N)(CC1CCSC1)C(F)F. The van der Waals surface area contributed by atoms with Gasteiger partial charge in [0.05, 0.1) is 5.54 Å². The lowest BCUT2D eigenvalue weighted by Gasteiger charge is -2.26. The lowest BCUT2D eigenvalue weighted by molar-refractivity contribution is 0.0511. The second-order valence-electron chi connectivity index (χ2n) is 3.74. The number of hydrogen-bond acceptors (Lipinski definition) is 2. The van der Waals surface area contributed by atoms with Crippen molar-refractivity contribution >= 4 is 11.8 Å². The Bertz CT molecular complexity index is 144. The maximum atomic E-state index is 12.3. The average molecular weight is 195 g/mol. The van der Waals surface area contributed by atoms with E-state index in [1.807, 2.05) is 11.8 Å². The Hall–Kier alpha value is 0.170. The predicted octanol–water partition coefficient (Wildman–Crippen LogP) is 2.11. The highest BCUT2D eigenvalue weighted by molar-refractivity contribution is 7.99. The van der Waals surface area contributed by atoms with Crippen molar-refractivity contribution in [2.75, 3.05) is 11.5 Å². The van der Waals surface area contributed by atoms with Gasteiger partial charge < -0.3 is 5.73 Å². The smallest absolute Gasteiger partial charge is 0.256 e. The monoisotopic (exact) mass is 195 g/mol. The molecule has 2 N–H and O–H groups in total. The van der Waals surface area contributed by atoms with Crippen molar-refractivity contribution in [3.8, 4) is 0 Å². The van der Waals surface area contributed by atoms with E-state index < -0.39 is 12.0 Å². The Morgan fingerprint density at radius 1 is 1.67 bits per heavy atom. The molecule has 1 aliphatic heterocycles. The standard InChI is InChI=1S/C8H15F2NS/c1-8(11,7(9)10)4-6-2-3-12-5-6/h6-7H,2-5,11H2,1H3. The number of nitrogens with two attached hydrogens (primary N) is 1. The zero-order chi connectivity index (χ0) is 9.19. The number of rotatable bonds is 3. The average Bonchev–Trinajstić information content (AvgIpc) is 2.38. The highest BCUT2D eigenvalue weighted by Gasteiger charge is 2.34. The van der Waals surface area contributed by atoms with Gasteiger partial charge in [-0.3, -0.25) is 0 Å². The molecule has 2 atom stereocenters. The van der Waals surface area contributed by atoms with Gasteiger partial charge in [-0.1, -0.05) is 0 Å². The molecule has 1 heterocycles. The third kappa shape index (κ3) is 2.59. The first-order valence-corrected chi connectivity index (χ1v) is 5.32. The molecule has 0 saturated carbocycles. The summed E-state index contributed by atoms with van der Waals surface area (Å²) in [6, 6.07) is 0. The molecule has 0 radical (unpaired) electrons. The van der Waals surface area contributed by atoms with E-state index in [0.29, 0.717) is 12.3 Å². The van der Waals surface area contributed by atoms with Gasteiger partial charge in [-0.15, -0.1) is 0 Å². The fraction of sp³-hybridized carbons (Fsp3) is 1.00. The van der Waals surface area contributed by atoms with Crippen molar-refractivity contribution in [1.82, 2.24) is 0 Å². The first kappa shape index (κ1) is 10.3. The maximum absolute atomic E-state index is 12.3. The lowest BCUT2D eigenvalue weighted by Crippen LogP contribution is -2.45. The Kier molecular flexibility index (Phi) is 3.35. The second kappa shape index (κ2) is 3.92. The van der Waals surface area contributed by atoms with Crippen LogP contribution in [0.25, 0.3) is 0 Å². The largest absolute Gasteiger partial charge is 0.321 e. The van der Waals surface area contributed by atoms with Gasteiger partial charge >= 0.3 is 0 Å². The molecule has 0 spiro atoms. The summed E-state index contributed by atoms with van der Waals surface area (Å²) >= 11 is 1.83. The van der Waals surface area contributed by atoms with Crippen LogP contribution in [-0.4, -0.2) is 23.5 Å². The summed E-state index contributed by atoms with van der Waals surface area (Å²) in [6.07, 6.45) is -0.898. The van der Waals surface area contributed by atoms with E-state index >= 15 is 0 Å². The molecule has 0 aromatic heterocycles. The molecular formula is C8H15F2NS. The normalized spacial score (nSPS) is 29.2. The summed E-state index contributed by atoms with van der Waals surface area (Å²) in [4.78, 5) is 0. The lowest BCUT2D eigenvalue weighted by atomic mass is 9.90. The van der Waals surface area contributed by atoms with Crippen molar-refractivity contribution in [1.29, 1.82) is 0 Å². The van der Waals surface area contributed by atoms with E-state index in [1.165, 1.54) is 6.92 Å². The van der Waals surface area contributed by atoms with Crippen LogP contribution in [0.2, 0.25) is 0 Å². The van der Waals surface area contributed by atoms with Crippen LogP contribution in [0.3, 0.4) is 0 Å². The fourth-order valence-electron chi connectivity index (χ4n) is 1.46. The summed E-state index contributed by atoms with van der Waals surface area (Å²) in [5.74, 6) is 2.50. The highest BCUT2D eigenvalue weighted by atomic mass is 32.2. The molecule has 1 aliphatic rings. The van der Waals surface area contributed by atoms with Gasteiger partial charge in [0.15, 0.2) is 0 Å². The number of halogens is 2. The van der Waals surface area contributed by atoms with Gasteiger partial charge in [0.2, 0.25) is 0 Å². The molecule has 0 aromatic carbocycles. The molecular weight excluding hydrogens is 180 g/mol. The fourth-order valence-corrected chi connectivity index (χ4v) is 2.74. The third-order valence-corrected chi connectivity index (χ3v) is 3.48. The minimum absolute atomic E-state index is 0.402. The number of alkyl halides is 2. The molecule has 1 fully saturated rings. The van der Waals surface area contributed by atoms with Crippen LogP contribution in [0.4, 0.5) is 8.78 Å². The van der Waals surface area contributed by atoms with Gasteiger partial charge in [0.1, 0.15) is 0 Å². The van der Waals surface area contributed by atoms with Gasteiger partial charge in [0, 0.05) is 0 Å². The van der Waals surface area contributed by atoms with Crippen LogP contribution < -0.4 is 5.73 Å². The molecule has 2 unspecified atom stereocenters. The van der Waals surface area contributed by atoms with Crippen molar-refractivity contribution in [3.05, 3.63) is 0 Å². The number of thioether (sulfide) groups is 1. The highest BCUT2D eigenvalue weighted by Crippen LogP contribution is 2.31. The predicted molar refractivity (Wildman–Crippen MR) is 48.6 cm³/mol. The minimum atomic E-state index is -2.40. The van der Waals surface area contributed by atoms with E-state index in [9.17, 15) is 8.78 Å². The first-order chi connectivity index (χ1) is 5.52. The Morgan fingerprint density at radius 2 is 2.33 bits per heavy atom. The van der Waals surface area contributed by atoms with E-state index in [1.54, 1.807) is 0 Å².